The van der Waals surface area contributed by atoms with Gasteiger partial charge in [0.05, 0.1) is 12.6 Å². The van der Waals surface area contributed by atoms with Crippen LogP contribution in [0.25, 0.3) is 0 Å². The molecule has 1 saturated heterocycles. The molecule has 9 heteroatoms. The van der Waals surface area contributed by atoms with Gasteiger partial charge in [-0.15, -0.1) is 0 Å². The molecular formula is C29H42ClN3O5. The molecule has 8 nitrogen and oxygen atoms in total. The minimum Gasteiger partial charge on any atom is -0.446 e. The van der Waals surface area contributed by atoms with Crippen LogP contribution in [0.15, 0.2) is 24.3 Å². The summed E-state index contributed by atoms with van der Waals surface area (Å²) in [6, 6.07) is 6.49. The second-order valence-electron chi connectivity index (χ2n) is 11.3. The van der Waals surface area contributed by atoms with Crippen molar-refractivity contribution < 1.29 is 24.2 Å². The number of rotatable bonds is 11. The summed E-state index contributed by atoms with van der Waals surface area (Å²) < 4.78 is 5.88. The largest absolute Gasteiger partial charge is 0.446 e. The smallest absolute Gasteiger partial charge is 0.408 e. The number of benzene rings is 1. The first-order chi connectivity index (χ1) is 18.4. The fraction of sp³-hybridized carbons (Fsp3) is 0.690. The molecular weight excluding hydrogens is 506 g/mol. The SMILES string of the molecule is O=C(N[C@@H](CC1CCCCC1)C(=O)N[C@H](CO)C[C@@H]1CCNC1=O)O[C@H]1CCC[C@H]1Cc1cccc(Cl)c1. The van der Waals surface area contributed by atoms with Crippen LogP contribution < -0.4 is 16.0 Å². The Morgan fingerprint density at radius 2 is 1.87 bits per heavy atom. The predicted molar refractivity (Wildman–Crippen MR) is 146 cm³/mol. The molecule has 4 N–H and O–H groups in total. The molecule has 3 amide bonds. The van der Waals surface area contributed by atoms with Crippen molar-refractivity contribution in [1.29, 1.82) is 0 Å². The van der Waals surface area contributed by atoms with Crippen molar-refractivity contribution in [1.82, 2.24) is 16.0 Å². The molecule has 2 aliphatic carbocycles. The molecule has 0 spiro atoms. The van der Waals surface area contributed by atoms with Crippen LogP contribution in [0.2, 0.25) is 5.02 Å². The monoisotopic (exact) mass is 547 g/mol. The Hall–Kier alpha value is -2.32. The summed E-state index contributed by atoms with van der Waals surface area (Å²) in [6.07, 6.45) is 9.93. The average molecular weight is 548 g/mol. The van der Waals surface area contributed by atoms with Crippen LogP contribution in [0.5, 0.6) is 0 Å². The maximum atomic E-state index is 13.3. The number of hydrogen-bond donors (Lipinski definition) is 4. The number of nitrogens with one attached hydrogen (secondary N) is 3. The van der Waals surface area contributed by atoms with Gasteiger partial charge in [0.15, 0.2) is 0 Å². The molecule has 1 aromatic carbocycles. The number of amides is 3. The van der Waals surface area contributed by atoms with Gasteiger partial charge in [-0.3, -0.25) is 9.59 Å². The van der Waals surface area contributed by atoms with Gasteiger partial charge in [-0.05, 0) is 68.6 Å². The number of aliphatic hydroxyl groups excluding tert-OH is 1. The van der Waals surface area contributed by atoms with Gasteiger partial charge in [-0.2, -0.15) is 0 Å². The summed E-state index contributed by atoms with van der Waals surface area (Å²) in [5.41, 5.74) is 1.12. The first-order valence-corrected chi connectivity index (χ1v) is 14.7. The molecule has 1 aromatic rings. The summed E-state index contributed by atoms with van der Waals surface area (Å²) in [5, 5.41) is 19.2. The highest BCUT2D eigenvalue weighted by Crippen LogP contribution is 2.32. The lowest BCUT2D eigenvalue weighted by atomic mass is 9.84. The number of alkyl carbamates (subject to hydrolysis) is 1. The van der Waals surface area contributed by atoms with Crippen LogP contribution in [0.3, 0.4) is 0 Å². The molecule has 0 unspecified atom stereocenters. The number of halogens is 1. The van der Waals surface area contributed by atoms with E-state index in [-0.39, 0.29) is 36.4 Å². The minimum absolute atomic E-state index is 0.0398. The third-order valence-electron chi connectivity index (χ3n) is 8.44. The Bertz CT molecular complexity index is 954. The maximum absolute atomic E-state index is 13.3. The van der Waals surface area contributed by atoms with E-state index in [2.05, 4.69) is 16.0 Å². The number of hydrogen-bond acceptors (Lipinski definition) is 5. The molecule has 1 heterocycles. The normalized spacial score (nSPS) is 25.4. The van der Waals surface area contributed by atoms with Gasteiger partial charge in [0, 0.05) is 23.4 Å². The van der Waals surface area contributed by atoms with Crippen molar-refractivity contribution in [3.63, 3.8) is 0 Å². The second kappa shape index (κ2) is 14.2. The Labute approximate surface area is 230 Å². The van der Waals surface area contributed by atoms with Gasteiger partial charge < -0.3 is 25.8 Å². The van der Waals surface area contributed by atoms with Crippen molar-refractivity contribution in [2.75, 3.05) is 13.2 Å². The van der Waals surface area contributed by atoms with E-state index in [1.807, 2.05) is 24.3 Å². The average Bonchev–Trinajstić information content (AvgIpc) is 3.51. The molecule has 0 bridgehead atoms. The quantitative estimate of drug-likeness (QED) is 0.332. The van der Waals surface area contributed by atoms with Crippen LogP contribution in [0, 0.1) is 17.8 Å². The first-order valence-electron chi connectivity index (χ1n) is 14.3. The first kappa shape index (κ1) is 28.7. The number of carbonyl (C=O) groups excluding carboxylic acids is 3. The van der Waals surface area contributed by atoms with Gasteiger partial charge in [0.25, 0.3) is 0 Å². The fourth-order valence-electron chi connectivity index (χ4n) is 6.35. The Kier molecular flexibility index (Phi) is 10.7. The summed E-state index contributed by atoms with van der Waals surface area (Å²) in [6.45, 7) is 0.357. The van der Waals surface area contributed by atoms with Crippen molar-refractivity contribution in [2.45, 2.75) is 95.2 Å². The fourth-order valence-corrected chi connectivity index (χ4v) is 6.57. The zero-order valence-corrected chi connectivity index (χ0v) is 22.9. The maximum Gasteiger partial charge on any atom is 0.408 e. The molecule has 210 valence electrons. The molecule has 38 heavy (non-hydrogen) atoms. The van der Waals surface area contributed by atoms with Gasteiger partial charge in [-0.1, -0.05) is 55.8 Å². The van der Waals surface area contributed by atoms with Crippen LogP contribution in [0.4, 0.5) is 4.79 Å². The standard InChI is InChI=1S/C29H42ClN3O5/c30-23-10-4-8-20(15-23)14-21-9-5-11-26(21)38-29(37)33-25(16-19-6-2-1-3-7-19)28(36)32-24(18-34)17-22-12-13-31-27(22)35/h4,8,10,15,19,21-22,24-26,34H,1-3,5-7,9,11-14,16-18H2,(H,31,35)(H,32,36)(H,33,37)/t21-,22-,24-,25-,26-/m0/s1. The number of ether oxygens (including phenoxy) is 1. The molecule has 4 rings (SSSR count). The zero-order chi connectivity index (χ0) is 26.9. The summed E-state index contributed by atoms with van der Waals surface area (Å²) in [5.74, 6) is -0.0221. The van der Waals surface area contributed by atoms with E-state index in [1.165, 1.54) is 6.42 Å². The third-order valence-corrected chi connectivity index (χ3v) is 8.67. The van der Waals surface area contributed by atoms with Crippen molar-refractivity contribution >= 4 is 29.5 Å². The highest BCUT2D eigenvalue weighted by molar-refractivity contribution is 6.30. The molecule has 3 fully saturated rings. The van der Waals surface area contributed by atoms with Gasteiger partial charge >= 0.3 is 6.09 Å². The van der Waals surface area contributed by atoms with E-state index in [0.717, 1.165) is 56.9 Å². The molecule has 0 radical (unpaired) electrons. The highest BCUT2D eigenvalue weighted by Gasteiger charge is 2.34. The number of aliphatic hydroxyl groups is 1. The Morgan fingerprint density at radius 1 is 1.05 bits per heavy atom. The van der Waals surface area contributed by atoms with E-state index in [1.54, 1.807) is 0 Å². The van der Waals surface area contributed by atoms with E-state index in [4.69, 9.17) is 16.3 Å². The van der Waals surface area contributed by atoms with Crippen LogP contribution in [0.1, 0.15) is 76.2 Å². The summed E-state index contributed by atoms with van der Waals surface area (Å²) in [7, 11) is 0. The van der Waals surface area contributed by atoms with Crippen LogP contribution in [-0.2, 0) is 20.7 Å². The van der Waals surface area contributed by atoms with E-state index < -0.39 is 18.2 Å². The number of carbonyl (C=O) groups is 3. The van der Waals surface area contributed by atoms with E-state index >= 15 is 0 Å². The molecule has 5 atom stereocenters. The van der Waals surface area contributed by atoms with Crippen LogP contribution >= 0.6 is 11.6 Å². The zero-order valence-electron chi connectivity index (χ0n) is 22.1. The molecule has 1 aliphatic heterocycles. The van der Waals surface area contributed by atoms with E-state index in [9.17, 15) is 19.5 Å². The van der Waals surface area contributed by atoms with Crippen LogP contribution in [-0.4, -0.2) is 54.4 Å². The lowest BCUT2D eigenvalue weighted by molar-refractivity contribution is -0.126. The van der Waals surface area contributed by atoms with Gasteiger partial charge in [0.1, 0.15) is 12.1 Å². The summed E-state index contributed by atoms with van der Waals surface area (Å²) in [4.78, 5) is 38.4. The van der Waals surface area contributed by atoms with Gasteiger partial charge in [0.2, 0.25) is 11.8 Å². The molecule has 3 aliphatic rings. The molecule has 0 aromatic heterocycles. The Balaban J connectivity index is 1.35. The van der Waals surface area contributed by atoms with Crippen molar-refractivity contribution in [2.24, 2.45) is 17.8 Å². The van der Waals surface area contributed by atoms with E-state index in [0.29, 0.717) is 36.7 Å². The second-order valence-corrected chi connectivity index (χ2v) is 11.7. The van der Waals surface area contributed by atoms with Crippen molar-refractivity contribution in [3.8, 4) is 0 Å². The van der Waals surface area contributed by atoms with Gasteiger partial charge in [-0.25, -0.2) is 4.79 Å². The predicted octanol–water partition coefficient (Wildman–Crippen LogP) is 4.12. The topological polar surface area (TPSA) is 117 Å². The Morgan fingerprint density at radius 3 is 2.58 bits per heavy atom. The minimum atomic E-state index is -0.746. The highest BCUT2D eigenvalue weighted by atomic mass is 35.5. The lowest BCUT2D eigenvalue weighted by Crippen LogP contribution is -2.52. The third kappa shape index (κ3) is 8.34. The lowest BCUT2D eigenvalue weighted by Gasteiger charge is -2.29. The summed E-state index contributed by atoms with van der Waals surface area (Å²) >= 11 is 6.15. The molecule has 2 saturated carbocycles. The van der Waals surface area contributed by atoms with Crippen molar-refractivity contribution in [3.05, 3.63) is 34.9 Å².